The molecule has 1 heterocycles. The van der Waals surface area contributed by atoms with E-state index in [1.165, 1.54) is 16.4 Å². The molecule has 2 N–H and O–H groups in total. The van der Waals surface area contributed by atoms with Crippen LogP contribution in [0.5, 0.6) is 0 Å². The molecule has 5 nitrogen and oxygen atoms in total. The van der Waals surface area contributed by atoms with E-state index >= 15 is 0 Å². The lowest BCUT2D eigenvalue weighted by atomic mass is 10.2. The van der Waals surface area contributed by atoms with Gasteiger partial charge in [0.1, 0.15) is 5.82 Å². The van der Waals surface area contributed by atoms with Crippen LogP contribution in [0.1, 0.15) is 12.5 Å². The van der Waals surface area contributed by atoms with Crippen molar-refractivity contribution >= 4 is 10.0 Å². The average molecular weight is 315 g/mol. The predicted octanol–water partition coefficient (Wildman–Crippen LogP) is 0.788. The van der Waals surface area contributed by atoms with Crippen LogP contribution in [-0.2, 0) is 10.0 Å². The van der Waals surface area contributed by atoms with Gasteiger partial charge in [0.05, 0.1) is 4.90 Å². The molecule has 21 heavy (non-hydrogen) atoms. The van der Waals surface area contributed by atoms with Crippen LogP contribution in [0.15, 0.2) is 23.1 Å². The summed E-state index contributed by atoms with van der Waals surface area (Å²) in [6.45, 7) is 6.36. The fourth-order valence-electron chi connectivity index (χ4n) is 2.52. The van der Waals surface area contributed by atoms with Crippen LogP contribution >= 0.6 is 0 Å². The monoisotopic (exact) mass is 315 g/mol. The molecule has 2 rings (SSSR count). The Kier molecular flexibility index (Phi) is 4.98. The summed E-state index contributed by atoms with van der Waals surface area (Å²) in [7, 11) is -3.64. The number of hydrogen-bond donors (Lipinski definition) is 1. The minimum atomic E-state index is -3.64. The van der Waals surface area contributed by atoms with Gasteiger partial charge in [-0.2, -0.15) is 4.31 Å². The van der Waals surface area contributed by atoms with Crippen LogP contribution in [0.3, 0.4) is 0 Å². The first-order chi connectivity index (χ1) is 9.86. The third kappa shape index (κ3) is 3.42. The summed E-state index contributed by atoms with van der Waals surface area (Å²) < 4.78 is 40.0. The first kappa shape index (κ1) is 16.4. The number of nitrogens with zero attached hydrogens (tertiary/aromatic N) is 2. The van der Waals surface area contributed by atoms with Crippen LogP contribution in [0, 0.1) is 12.7 Å². The smallest absolute Gasteiger partial charge is 0.243 e. The molecular formula is C14H22FN3O2S. The average Bonchev–Trinajstić information content (AvgIpc) is 2.49. The number of halogens is 1. The van der Waals surface area contributed by atoms with E-state index in [4.69, 9.17) is 5.73 Å². The van der Waals surface area contributed by atoms with Crippen LogP contribution < -0.4 is 5.73 Å². The Labute approximate surface area is 125 Å². The maximum absolute atomic E-state index is 13.4. The fourth-order valence-corrected chi connectivity index (χ4v) is 4.18. The van der Waals surface area contributed by atoms with E-state index in [9.17, 15) is 12.8 Å². The lowest BCUT2D eigenvalue weighted by Crippen LogP contribution is -2.52. The molecular weight excluding hydrogens is 293 g/mol. The van der Waals surface area contributed by atoms with E-state index in [-0.39, 0.29) is 10.9 Å². The Bertz CT molecular complexity index is 598. The van der Waals surface area contributed by atoms with E-state index in [1.54, 1.807) is 6.92 Å². The van der Waals surface area contributed by atoms with Gasteiger partial charge in [0.25, 0.3) is 0 Å². The normalized spacial score (nSPS) is 19.6. The Morgan fingerprint density at radius 3 is 2.48 bits per heavy atom. The number of benzene rings is 1. The number of aryl methyl sites for hydroxylation is 1. The molecule has 1 saturated heterocycles. The summed E-state index contributed by atoms with van der Waals surface area (Å²) in [4.78, 5) is 2.23. The van der Waals surface area contributed by atoms with Gasteiger partial charge in [0.15, 0.2) is 0 Å². The minimum absolute atomic E-state index is 0.0582. The molecule has 0 radical (unpaired) electrons. The topological polar surface area (TPSA) is 66.6 Å². The van der Waals surface area contributed by atoms with Gasteiger partial charge < -0.3 is 5.73 Å². The predicted molar refractivity (Wildman–Crippen MR) is 80.0 cm³/mol. The first-order valence-electron chi connectivity index (χ1n) is 7.06. The van der Waals surface area contributed by atoms with Gasteiger partial charge in [-0.3, -0.25) is 4.90 Å². The Morgan fingerprint density at radius 2 is 1.90 bits per heavy atom. The van der Waals surface area contributed by atoms with Gasteiger partial charge in [-0.15, -0.1) is 0 Å². The molecule has 1 aromatic carbocycles. The number of rotatable bonds is 4. The maximum atomic E-state index is 13.4. The van der Waals surface area contributed by atoms with Crippen molar-refractivity contribution in [2.45, 2.75) is 24.8 Å². The summed E-state index contributed by atoms with van der Waals surface area (Å²) >= 11 is 0. The largest absolute Gasteiger partial charge is 0.329 e. The molecule has 1 aliphatic heterocycles. The second-order valence-electron chi connectivity index (χ2n) is 5.43. The second-order valence-corrected chi connectivity index (χ2v) is 7.34. The highest BCUT2D eigenvalue weighted by molar-refractivity contribution is 7.89. The van der Waals surface area contributed by atoms with Gasteiger partial charge in [-0.25, -0.2) is 12.8 Å². The molecule has 118 valence electrons. The van der Waals surface area contributed by atoms with E-state index < -0.39 is 15.8 Å². The molecule has 7 heteroatoms. The van der Waals surface area contributed by atoms with Crippen molar-refractivity contribution < 1.29 is 12.8 Å². The quantitative estimate of drug-likeness (QED) is 0.892. The van der Waals surface area contributed by atoms with Crippen molar-refractivity contribution in [1.29, 1.82) is 0 Å². The van der Waals surface area contributed by atoms with Crippen molar-refractivity contribution in [3.63, 3.8) is 0 Å². The number of sulfonamides is 1. The van der Waals surface area contributed by atoms with Crippen LogP contribution in [-0.4, -0.2) is 56.4 Å². The number of hydrogen-bond acceptors (Lipinski definition) is 4. The third-order valence-corrected chi connectivity index (χ3v) is 6.05. The molecule has 0 bridgehead atoms. The fraction of sp³-hybridized carbons (Fsp3) is 0.571. The summed E-state index contributed by atoms with van der Waals surface area (Å²) in [6.07, 6.45) is 0. The second kappa shape index (κ2) is 6.39. The van der Waals surface area contributed by atoms with Gasteiger partial charge in [0.2, 0.25) is 10.0 Å². The van der Waals surface area contributed by atoms with E-state index in [0.29, 0.717) is 38.3 Å². The lowest BCUT2D eigenvalue weighted by Gasteiger charge is -2.37. The van der Waals surface area contributed by atoms with Crippen molar-refractivity contribution in [3.05, 3.63) is 29.6 Å². The third-order valence-electron chi connectivity index (χ3n) is 4.01. The number of piperazine rings is 1. The van der Waals surface area contributed by atoms with Gasteiger partial charge in [0, 0.05) is 38.8 Å². The van der Waals surface area contributed by atoms with Gasteiger partial charge in [-0.1, -0.05) is 6.07 Å². The molecule has 0 spiro atoms. The van der Waals surface area contributed by atoms with Crippen molar-refractivity contribution in [2.75, 3.05) is 32.7 Å². The summed E-state index contributed by atoms with van der Waals surface area (Å²) in [5.74, 6) is -0.533. The standard InChI is InChI=1S/C14H22FN3O2S/c1-11-3-4-13(15)9-14(11)21(19,20)18-7-5-17(6-8-18)12(2)10-16/h3-4,9,12H,5-8,10,16H2,1-2H3. The zero-order chi connectivity index (χ0) is 15.6. The molecule has 1 fully saturated rings. The zero-order valence-corrected chi connectivity index (χ0v) is 13.2. The summed E-state index contributed by atoms with van der Waals surface area (Å²) in [5.41, 5.74) is 6.20. The van der Waals surface area contributed by atoms with Crippen molar-refractivity contribution in [3.8, 4) is 0 Å². The number of nitrogens with two attached hydrogens (primary N) is 1. The summed E-state index contributed by atoms with van der Waals surface area (Å²) in [6, 6.07) is 4.11. The van der Waals surface area contributed by atoms with Crippen molar-refractivity contribution in [2.24, 2.45) is 5.73 Å². The van der Waals surface area contributed by atoms with E-state index in [1.807, 2.05) is 6.92 Å². The Morgan fingerprint density at radius 1 is 1.29 bits per heavy atom. The SMILES string of the molecule is Cc1ccc(F)cc1S(=O)(=O)N1CCN(C(C)CN)CC1. The highest BCUT2D eigenvalue weighted by Crippen LogP contribution is 2.22. The Hall–Kier alpha value is -1.02. The molecule has 1 atom stereocenters. The first-order valence-corrected chi connectivity index (χ1v) is 8.50. The molecule has 1 unspecified atom stereocenters. The minimum Gasteiger partial charge on any atom is -0.329 e. The zero-order valence-electron chi connectivity index (χ0n) is 12.4. The molecule has 1 aliphatic rings. The molecule has 0 aromatic heterocycles. The summed E-state index contributed by atoms with van der Waals surface area (Å²) in [5, 5.41) is 0. The van der Waals surface area contributed by atoms with E-state index in [0.717, 1.165) is 6.07 Å². The highest BCUT2D eigenvalue weighted by Gasteiger charge is 2.30. The Balaban J connectivity index is 2.17. The van der Waals surface area contributed by atoms with Crippen LogP contribution in [0.2, 0.25) is 0 Å². The molecule has 0 saturated carbocycles. The van der Waals surface area contributed by atoms with Crippen LogP contribution in [0.25, 0.3) is 0 Å². The van der Waals surface area contributed by atoms with Gasteiger partial charge in [-0.05, 0) is 31.5 Å². The lowest BCUT2D eigenvalue weighted by molar-refractivity contribution is 0.149. The highest BCUT2D eigenvalue weighted by atomic mass is 32.2. The maximum Gasteiger partial charge on any atom is 0.243 e. The van der Waals surface area contributed by atoms with Gasteiger partial charge >= 0.3 is 0 Å². The van der Waals surface area contributed by atoms with E-state index in [2.05, 4.69) is 4.90 Å². The molecule has 1 aromatic rings. The molecule has 0 amide bonds. The van der Waals surface area contributed by atoms with Crippen LogP contribution in [0.4, 0.5) is 4.39 Å². The molecule has 0 aliphatic carbocycles. The van der Waals surface area contributed by atoms with Crippen molar-refractivity contribution in [1.82, 2.24) is 9.21 Å².